The molecular weight excluding hydrogens is 234 g/mol. The first-order chi connectivity index (χ1) is 8.52. The molecule has 3 amide bonds. The second kappa shape index (κ2) is 5.14. The van der Waals surface area contributed by atoms with Crippen LogP contribution in [0.2, 0.25) is 0 Å². The average Bonchev–Trinajstić information content (AvgIpc) is 2.79. The molecular formula is C12H21N3O3. The van der Waals surface area contributed by atoms with E-state index in [4.69, 9.17) is 4.74 Å². The van der Waals surface area contributed by atoms with Crippen molar-refractivity contribution in [3.8, 4) is 0 Å². The Hall–Kier alpha value is -1.30. The number of rotatable bonds is 1. The fourth-order valence-electron chi connectivity index (χ4n) is 2.72. The molecule has 18 heavy (non-hydrogen) atoms. The van der Waals surface area contributed by atoms with Gasteiger partial charge < -0.3 is 19.9 Å². The maximum atomic E-state index is 11.9. The summed E-state index contributed by atoms with van der Waals surface area (Å²) in [5, 5.41) is 2.62. The maximum absolute atomic E-state index is 11.9. The van der Waals surface area contributed by atoms with Crippen LogP contribution in [0.25, 0.3) is 0 Å². The summed E-state index contributed by atoms with van der Waals surface area (Å²) in [5.74, 6) is 0.341. The molecule has 2 fully saturated rings. The molecule has 3 atom stereocenters. The number of carbonyl (C=O) groups is 2. The van der Waals surface area contributed by atoms with E-state index in [2.05, 4.69) is 5.32 Å². The van der Waals surface area contributed by atoms with E-state index in [9.17, 15) is 9.59 Å². The van der Waals surface area contributed by atoms with Crippen LogP contribution in [0.1, 0.15) is 12.8 Å². The van der Waals surface area contributed by atoms with Gasteiger partial charge in [-0.25, -0.2) is 4.79 Å². The van der Waals surface area contributed by atoms with E-state index in [0.29, 0.717) is 12.5 Å². The van der Waals surface area contributed by atoms with Crippen LogP contribution < -0.4 is 5.32 Å². The smallest absolute Gasteiger partial charge is 0.319 e. The van der Waals surface area contributed by atoms with E-state index < -0.39 is 0 Å². The maximum Gasteiger partial charge on any atom is 0.319 e. The standard InChI is InChI=1S/C12H21N3O3/c1-13-11(16)9-6-8-4-5-15(7-10(8)18-9)12(17)14(2)3/h8-10H,4-7H2,1-3H3,(H,13,16)/t8-,9+,10-/m0/s1. The number of urea groups is 1. The number of hydrogen-bond acceptors (Lipinski definition) is 3. The number of hydrogen-bond donors (Lipinski definition) is 1. The van der Waals surface area contributed by atoms with Crippen molar-refractivity contribution in [3.63, 3.8) is 0 Å². The van der Waals surface area contributed by atoms with E-state index in [1.54, 1.807) is 30.9 Å². The minimum atomic E-state index is -0.348. The van der Waals surface area contributed by atoms with Crippen molar-refractivity contribution in [2.45, 2.75) is 25.0 Å². The molecule has 0 aromatic heterocycles. The third kappa shape index (κ3) is 2.43. The Labute approximate surface area is 107 Å². The Morgan fingerprint density at radius 1 is 1.39 bits per heavy atom. The van der Waals surface area contributed by atoms with Gasteiger partial charge in [-0.05, 0) is 18.8 Å². The molecule has 102 valence electrons. The molecule has 2 aliphatic heterocycles. The predicted molar refractivity (Wildman–Crippen MR) is 66.1 cm³/mol. The van der Waals surface area contributed by atoms with E-state index in [1.807, 2.05) is 0 Å². The third-order valence-corrected chi connectivity index (χ3v) is 3.74. The number of nitrogens with one attached hydrogen (secondary N) is 1. The summed E-state index contributed by atoms with van der Waals surface area (Å²) >= 11 is 0. The molecule has 6 nitrogen and oxygen atoms in total. The second-order valence-corrected chi connectivity index (χ2v) is 5.18. The number of carbonyl (C=O) groups excluding carboxylic acids is 2. The lowest BCUT2D eigenvalue weighted by molar-refractivity contribution is -0.132. The van der Waals surface area contributed by atoms with E-state index in [-0.39, 0.29) is 24.1 Å². The van der Waals surface area contributed by atoms with Gasteiger partial charge in [0.15, 0.2) is 0 Å². The lowest BCUT2D eigenvalue weighted by atomic mass is 9.92. The van der Waals surface area contributed by atoms with Crippen molar-refractivity contribution in [2.24, 2.45) is 5.92 Å². The summed E-state index contributed by atoms with van der Waals surface area (Å²) in [7, 11) is 5.12. The minimum Gasteiger partial charge on any atom is -0.363 e. The molecule has 0 radical (unpaired) electrons. The summed E-state index contributed by atoms with van der Waals surface area (Å²) in [6, 6.07) is 0.0143. The van der Waals surface area contributed by atoms with Gasteiger partial charge in [-0.2, -0.15) is 0 Å². The van der Waals surface area contributed by atoms with Crippen LogP contribution in [0.3, 0.4) is 0 Å². The number of likely N-dealkylation sites (tertiary alicyclic amines) is 1. The highest BCUT2D eigenvalue weighted by Crippen LogP contribution is 2.33. The van der Waals surface area contributed by atoms with Gasteiger partial charge in [-0.1, -0.05) is 0 Å². The van der Waals surface area contributed by atoms with Crippen molar-refractivity contribution >= 4 is 11.9 Å². The molecule has 2 saturated heterocycles. The molecule has 6 heteroatoms. The molecule has 1 N–H and O–H groups in total. The van der Waals surface area contributed by atoms with Crippen LogP contribution in [-0.4, -0.2) is 68.2 Å². The molecule has 2 rings (SSSR count). The molecule has 0 aromatic carbocycles. The highest BCUT2D eigenvalue weighted by atomic mass is 16.5. The van der Waals surface area contributed by atoms with Gasteiger partial charge in [0.2, 0.25) is 5.91 Å². The van der Waals surface area contributed by atoms with Crippen LogP contribution in [-0.2, 0) is 9.53 Å². The summed E-state index contributed by atoms with van der Waals surface area (Å²) in [5.41, 5.74) is 0. The van der Waals surface area contributed by atoms with Crippen molar-refractivity contribution in [1.82, 2.24) is 15.1 Å². The fraction of sp³-hybridized carbons (Fsp3) is 0.833. The molecule has 0 aliphatic carbocycles. The number of ether oxygens (including phenoxy) is 1. The van der Waals surface area contributed by atoms with Gasteiger partial charge in [0.25, 0.3) is 0 Å². The van der Waals surface area contributed by atoms with Crippen molar-refractivity contribution in [3.05, 3.63) is 0 Å². The molecule has 0 unspecified atom stereocenters. The number of nitrogens with zero attached hydrogens (tertiary/aromatic N) is 2. The van der Waals surface area contributed by atoms with Gasteiger partial charge in [-0.3, -0.25) is 4.79 Å². The van der Waals surface area contributed by atoms with E-state index in [1.165, 1.54) is 0 Å². The molecule has 0 saturated carbocycles. The summed E-state index contributed by atoms with van der Waals surface area (Å²) in [6.45, 7) is 1.34. The predicted octanol–water partition coefficient (Wildman–Crippen LogP) is -0.107. The normalized spacial score (nSPS) is 30.8. The third-order valence-electron chi connectivity index (χ3n) is 3.74. The second-order valence-electron chi connectivity index (χ2n) is 5.18. The van der Waals surface area contributed by atoms with Gasteiger partial charge in [0.1, 0.15) is 6.10 Å². The fourth-order valence-corrected chi connectivity index (χ4v) is 2.72. The number of piperidine rings is 1. The summed E-state index contributed by atoms with van der Waals surface area (Å²) < 4.78 is 5.75. The average molecular weight is 255 g/mol. The Bertz CT molecular complexity index is 345. The lowest BCUT2D eigenvalue weighted by Crippen LogP contribution is -2.49. The highest BCUT2D eigenvalue weighted by molar-refractivity contribution is 5.80. The van der Waals surface area contributed by atoms with Crippen LogP contribution in [0, 0.1) is 5.92 Å². The van der Waals surface area contributed by atoms with Crippen molar-refractivity contribution < 1.29 is 14.3 Å². The number of fused-ring (bicyclic) bond motifs is 1. The SMILES string of the molecule is CNC(=O)[C@H]1C[C@@H]2CCN(C(=O)N(C)C)C[C@@H]2O1. The zero-order valence-electron chi connectivity index (χ0n) is 11.2. The van der Waals surface area contributed by atoms with Crippen molar-refractivity contribution in [2.75, 3.05) is 34.2 Å². The Balaban J connectivity index is 1.95. The van der Waals surface area contributed by atoms with E-state index >= 15 is 0 Å². The molecule has 2 heterocycles. The topological polar surface area (TPSA) is 61.9 Å². The van der Waals surface area contributed by atoms with Gasteiger partial charge in [0.05, 0.1) is 6.10 Å². The monoisotopic (exact) mass is 255 g/mol. The quantitative estimate of drug-likeness (QED) is 0.711. The molecule has 0 bridgehead atoms. The van der Waals surface area contributed by atoms with Crippen molar-refractivity contribution in [1.29, 1.82) is 0 Å². The first kappa shape index (κ1) is 13.1. The summed E-state index contributed by atoms with van der Waals surface area (Å²) in [6.07, 6.45) is 1.34. The van der Waals surface area contributed by atoms with Gasteiger partial charge in [-0.15, -0.1) is 0 Å². The lowest BCUT2D eigenvalue weighted by Gasteiger charge is -2.35. The van der Waals surface area contributed by atoms with E-state index in [0.717, 1.165) is 19.4 Å². The number of amides is 3. The highest BCUT2D eigenvalue weighted by Gasteiger charge is 2.42. The zero-order chi connectivity index (χ0) is 13.3. The van der Waals surface area contributed by atoms with Crippen LogP contribution in [0.4, 0.5) is 4.79 Å². The summed E-state index contributed by atoms with van der Waals surface area (Å²) in [4.78, 5) is 26.8. The minimum absolute atomic E-state index is 0.00458. The molecule has 0 spiro atoms. The van der Waals surface area contributed by atoms with Crippen LogP contribution in [0.15, 0.2) is 0 Å². The molecule has 2 aliphatic rings. The first-order valence-electron chi connectivity index (χ1n) is 6.36. The largest absolute Gasteiger partial charge is 0.363 e. The molecule has 0 aromatic rings. The zero-order valence-corrected chi connectivity index (χ0v) is 11.2. The van der Waals surface area contributed by atoms with Crippen LogP contribution >= 0.6 is 0 Å². The van der Waals surface area contributed by atoms with Gasteiger partial charge in [0, 0.05) is 34.2 Å². The Morgan fingerprint density at radius 2 is 2.11 bits per heavy atom. The Morgan fingerprint density at radius 3 is 2.72 bits per heavy atom. The van der Waals surface area contributed by atoms with Crippen LogP contribution in [0.5, 0.6) is 0 Å². The van der Waals surface area contributed by atoms with Gasteiger partial charge >= 0.3 is 6.03 Å². The Kier molecular flexibility index (Phi) is 3.75. The number of likely N-dealkylation sites (N-methyl/N-ethyl adjacent to an activating group) is 1. The first-order valence-corrected chi connectivity index (χ1v) is 6.36.